The molecule has 8 aromatic rings. The van der Waals surface area contributed by atoms with Crippen molar-refractivity contribution in [3.63, 3.8) is 0 Å². The van der Waals surface area contributed by atoms with E-state index in [-0.39, 0.29) is 59.9 Å². The normalized spacial score (nSPS) is 12.5. The predicted molar refractivity (Wildman–Crippen MR) is 318 cm³/mol. The second-order valence-electron chi connectivity index (χ2n) is 20.6. The average Bonchev–Trinajstić information content (AvgIpc) is 3.66. The van der Waals surface area contributed by atoms with Crippen LogP contribution in [0.1, 0.15) is 94.2 Å². The number of hydrogen-bond donors (Lipinski definition) is 2. The molecular formula is C68H66Cl2F6N2O6. The lowest BCUT2D eigenvalue weighted by Crippen LogP contribution is -2.37. The maximum atomic E-state index is 13.7. The second-order valence-corrected chi connectivity index (χ2v) is 21.3. The highest BCUT2D eigenvalue weighted by molar-refractivity contribution is 6.32. The number of rotatable bonds is 26. The Kier molecular flexibility index (Phi) is 23.4. The zero-order valence-electron chi connectivity index (χ0n) is 46.5. The Morgan fingerprint density at radius 1 is 0.452 bits per heavy atom. The Balaban J connectivity index is 0.000000241. The average molecular weight is 1190 g/mol. The molecule has 0 aromatic heterocycles. The smallest absolute Gasteiger partial charge is 0.417 e. The lowest BCUT2D eigenvalue weighted by molar-refractivity contribution is -0.138. The minimum absolute atomic E-state index is 0.0342. The molecule has 0 saturated carbocycles. The van der Waals surface area contributed by atoms with Crippen LogP contribution in [0.4, 0.5) is 26.3 Å². The van der Waals surface area contributed by atoms with Gasteiger partial charge in [-0.3, -0.25) is 19.4 Å². The highest BCUT2D eigenvalue weighted by Crippen LogP contribution is 2.39. The number of carboxylic acids is 2. The van der Waals surface area contributed by atoms with Gasteiger partial charge in [0.25, 0.3) is 0 Å². The summed E-state index contributed by atoms with van der Waals surface area (Å²) in [6, 6.07) is 62.0. The molecule has 2 unspecified atom stereocenters. The van der Waals surface area contributed by atoms with E-state index in [0.29, 0.717) is 72.9 Å². The zero-order chi connectivity index (χ0) is 60.2. The quantitative estimate of drug-likeness (QED) is 0.0518. The van der Waals surface area contributed by atoms with Gasteiger partial charge in [0, 0.05) is 50.1 Å². The highest BCUT2D eigenvalue weighted by Gasteiger charge is 2.36. The molecule has 0 saturated heterocycles. The Labute approximate surface area is 496 Å². The van der Waals surface area contributed by atoms with Gasteiger partial charge in [-0.25, -0.2) is 0 Å². The van der Waals surface area contributed by atoms with E-state index >= 15 is 0 Å². The van der Waals surface area contributed by atoms with Crippen LogP contribution in [0.3, 0.4) is 0 Å². The summed E-state index contributed by atoms with van der Waals surface area (Å²) < 4.78 is 93.9. The maximum absolute atomic E-state index is 13.7. The Bertz CT molecular complexity index is 3040. The van der Waals surface area contributed by atoms with E-state index in [2.05, 4.69) is 58.3 Å². The van der Waals surface area contributed by atoms with Crippen LogP contribution < -0.4 is 9.47 Å². The number of carbonyl (C=O) groups is 2. The molecule has 0 radical (unpaired) electrons. The van der Waals surface area contributed by atoms with E-state index in [1.807, 2.05) is 86.6 Å². The molecule has 0 heterocycles. The molecule has 0 bridgehead atoms. The third kappa shape index (κ3) is 19.2. The molecule has 84 heavy (non-hydrogen) atoms. The largest absolute Gasteiger partial charge is 0.494 e. The standard InChI is InChI=1S/2C34H33ClF3NO3/c2*1-24(18-19-42-29-16-8-10-25(20-29)21-32(40)41)39(22-28-15-9-17-31(33(28)35)34(36,37)38)23-30(26-11-4-2-5-12-26)27-13-6-3-7-14-27/h2*2-17,20,24,30H,18-19,21-23H2,1H3,(H,40,41). The number of benzene rings is 8. The summed E-state index contributed by atoms with van der Waals surface area (Å²) >= 11 is 12.7. The summed E-state index contributed by atoms with van der Waals surface area (Å²) in [7, 11) is 0. The molecule has 0 aliphatic carbocycles. The lowest BCUT2D eigenvalue weighted by atomic mass is 9.90. The molecule has 0 spiro atoms. The van der Waals surface area contributed by atoms with Crippen molar-refractivity contribution in [2.45, 2.75) is 88.9 Å². The third-order valence-electron chi connectivity index (χ3n) is 14.5. The van der Waals surface area contributed by atoms with Crippen LogP contribution in [-0.4, -0.2) is 70.3 Å². The van der Waals surface area contributed by atoms with Gasteiger partial charge in [-0.2, -0.15) is 26.3 Å². The lowest BCUT2D eigenvalue weighted by Gasteiger charge is -2.34. The fourth-order valence-electron chi connectivity index (χ4n) is 10.00. The van der Waals surface area contributed by atoms with Crippen molar-refractivity contribution in [3.8, 4) is 11.5 Å². The number of ether oxygens (including phenoxy) is 2. The molecule has 0 aliphatic rings. The number of nitrogens with zero attached hydrogens (tertiary/aromatic N) is 2. The summed E-state index contributed by atoms with van der Waals surface area (Å²) in [6.07, 6.45) is -8.14. The number of hydrogen-bond acceptors (Lipinski definition) is 6. The van der Waals surface area contributed by atoms with E-state index in [9.17, 15) is 35.9 Å². The second kappa shape index (κ2) is 30.8. The summed E-state index contributed by atoms with van der Waals surface area (Å²) in [5.74, 6) is -0.770. The molecule has 8 rings (SSSR count). The van der Waals surface area contributed by atoms with Gasteiger partial charge >= 0.3 is 24.3 Å². The topological polar surface area (TPSA) is 99.5 Å². The van der Waals surface area contributed by atoms with Crippen LogP contribution >= 0.6 is 23.2 Å². The third-order valence-corrected chi connectivity index (χ3v) is 15.4. The summed E-state index contributed by atoms with van der Waals surface area (Å²) in [5.41, 5.74) is 4.80. The minimum Gasteiger partial charge on any atom is -0.494 e. The van der Waals surface area contributed by atoms with Crippen LogP contribution in [0.2, 0.25) is 10.0 Å². The number of carboxylic acid groups (broad SMARTS) is 2. The van der Waals surface area contributed by atoms with Crippen LogP contribution in [0.5, 0.6) is 11.5 Å². The van der Waals surface area contributed by atoms with Crippen LogP contribution in [0, 0.1) is 0 Å². The van der Waals surface area contributed by atoms with Gasteiger partial charge in [-0.15, -0.1) is 0 Å². The minimum atomic E-state index is -4.55. The Morgan fingerprint density at radius 3 is 1.06 bits per heavy atom. The maximum Gasteiger partial charge on any atom is 0.417 e. The van der Waals surface area contributed by atoms with Crippen LogP contribution in [-0.2, 0) is 47.9 Å². The van der Waals surface area contributed by atoms with E-state index in [1.54, 1.807) is 60.7 Å². The van der Waals surface area contributed by atoms with Crippen LogP contribution in [0.15, 0.2) is 206 Å². The first-order valence-corrected chi connectivity index (χ1v) is 28.2. The Morgan fingerprint density at radius 2 is 0.762 bits per heavy atom. The molecule has 2 atom stereocenters. The van der Waals surface area contributed by atoms with E-state index in [0.717, 1.165) is 34.4 Å². The molecule has 440 valence electrons. The van der Waals surface area contributed by atoms with Gasteiger partial charge < -0.3 is 19.7 Å². The van der Waals surface area contributed by atoms with Crippen molar-refractivity contribution < 1.29 is 55.6 Å². The fraction of sp³-hybridized carbons (Fsp3) is 0.265. The molecular weight excluding hydrogens is 1130 g/mol. The van der Waals surface area contributed by atoms with Crippen molar-refractivity contribution in [2.75, 3.05) is 26.3 Å². The van der Waals surface area contributed by atoms with Crippen molar-refractivity contribution >= 4 is 35.1 Å². The predicted octanol–water partition coefficient (Wildman–Crippen LogP) is 17.0. The van der Waals surface area contributed by atoms with E-state index in [1.165, 1.54) is 12.1 Å². The van der Waals surface area contributed by atoms with E-state index in [4.69, 9.17) is 42.9 Å². The van der Waals surface area contributed by atoms with Gasteiger partial charge in [0.05, 0.1) is 47.2 Å². The summed E-state index contributed by atoms with van der Waals surface area (Å²) in [5, 5.41) is 17.6. The summed E-state index contributed by atoms with van der Waals surface area (Å²) in [6.45, 7) is 6.24. The van der Waals surface area contributed by atoms with Crippen molar-refractivity contribution in [1.29, 1.82) is 0 Å². The number of alkyl halides is 6. The van der Waals surface area contributed by atoms with Crippen molar-refractivity contribution in [1.82, 2.24) is 9.80 Å². The SMILES string of the molecule is CC(CCOc1cccc(CC(=O)O)c1)N(Cc1cccc(C(F)(F)F)c1Cl)CC(c1ccccc1)c1ccccc1.CC(CCOc1cccc(CC(=O)O)c1)N(Cc1cccc(C(F)(F)F)c1Cl)CC(c1ccccc1)c1ccccc1. The van der Waals surface area contributed by atoms with Gasteiger partial charge in [-0.1, -0.05) is 193 Å². The molecule has 16 heteroatoms. The van der Waals surface area contributed by atoms with Crippen LogP contribution in [0.25, 0.3) is 0 Å². The molecule has 0 aliphatic heterocycles. The van der Waals surface area contributed by atoms with Gasteiger partial charge in [0.15, 0.2) is 0 Å². The molecule has 0 amide bonds. The number of aliphatic carboxylic acids is 2. The van der Waals surface area contributed by atoms with E-state index < -0.39 is 35.4 Å². The number of halogens is 8. The molecule has 8 nitrogen and oxygen atoms in total. The van der Waals surface area contributed by atoms with Crippen molar-refractivity contribution in [3.05, 3.63) is 272 Å². The monoisotopic (exact) mass is 1190 g/mol. The van der Waals surface area contributed by atoms with Gasteiger partial charge in [0.2, 0.25) is 0 Å². The fourth-order valence-corrected chi connectivity index (χ4v) is 10.6. The van der Waals surface area contributed by atoms with Gasteiger partial charge in [0.1, 0.15) is 11.5 Å². The van der Waals surface area contributed by atoms with Crippen molar-refractivity contribution in [2.24, 2.45) is 0 Å². The first-order valence-electron chi connectivity index (χ1n) is 27.5. The molecule has 8 aromatic carbocycles. The molecule has 2 N–H and O–H groups in total. The summed E-state index contributed by atoms with van der Waals surface area (Å²) in [4.78, 5) is 26.5. The first-order chi connectivity index (χ1) is 40.2. The highest BCUT2D eigenvalue weighted by atomic mass is 35.5. The zero-order valence-corrected chi connectivity index (χ0v) is 48.0. The Hall–Kier alpha value is -7.62. The van der Waals surface area contributed by atoms with Gasteiger partial charge in [-0.05, 0) is 108 Å². The molecule has 0 fully saturated rings. The first kappa shape index (κ1) is 64.0.